The number of hydrogen-bond donors (Lipinski definition) is 0. The number of hydrogen-bond acceptors (Lipinski definition) is 2. The Morgan fingerprint density at radius 1 is 1.00 bits per heavy atom. The summed E-state index contributed by atoms with van der Waals surface area (Å²) in [6.07, 6.45) is 2.72. The summed E-state index contributed by atoms with van der Waals surface area (Å²) in [4.78, 5) is 5.33. The van der Waals surface area contributed by atoms with Crippen LogP contribution in [0.1, 0.15) is 54.4 Å². The van der Waals surface area contributed by atoms with Crippen LogP contribution in [0.4, 0.5) is 0 Å². The van der Waals surface area contributed by atoms with Gasteiger partial charge in [-0.2, -0.15) is 0 Å². The Bertz CT molecular complexity index is 201. The van der Waals surface area contributed by atoms with Crippen LogP contribution in [-0.2, 0) is 0 Å². The van der Waals surface area contributed by atoms with E-state index in [4.69, 9.17) is 0 Å². The Labute approximate surface area is 108 Å². The highest BCUT2D eigenvalue weighted by atomic mass is 15.3. The second-order valence-electron chi connectivity index (χ2n) is 6.52. The Morgan fingerprint density at radius 3 is 1.94 bits per heavy atom. The van der Waals surface area contributed by atoms with E-state index in [1.165, 1.54) is 32.5 Å². The van der Waals surface area contributed by atoms with Crippen molar-refractivity contribution in [3.63, 3.8) is 0 Å². The predicted molar refractivity (Wildman–Crippen MR) is 76.4 cm³/mol. The maximum absolute atomic E-state index is 2.71. The standard InChI is InChI=1S/C15H32N2/c1-12(2)8-7-9-17-14(5)10-16(13(3)4)11-15(17)6/h12-15H,7-11H2,1-6H3. The van der Waals surface area contributed by atoms with Gasteiger partial charge in [-0.25, -0.2) is 0 Å². The van der Waals surface area contributed by atoms with E-state index in [1.54, 1.807) is 0 Å². The molecule has 0 aliphatic carbocycles. The molecule has 1 fully saturated rings. The molecule has 0 spiro atoms. The fraction of sp³-hybridized carbons (Fsp3) is 1.00. The molecule has 102 valence electrons. The third-order valence-corrected chi connectivity index (χ3v) is 4.06. The zero-order valence-electron chi connectivity index (χ0n) is 12.7. The molecule has 0 bridgehead atoms. The van der Waals surface area contributed by atoms with Crippen molar-refractivity contribution in [3.05, 3.63) is 0 Å². The third kappa shape index (κ3) is 4.59. The highest BCUT2D eigenvalue weighted by Crippen LogP contribution is 2.18. The van der Waals surface area contributed by atoms with E-state index in [1.807, 2.05) is 0 Å². The first kappa shape index (κ1) is 15.0. The molecule has 0 aromatic rings. The molecule has 1 aliphatic rings. The van der Waals surface area contributed by atoms with Crippen molar-refractivity contribution in [1.29, 1.82) is 0 Å². The molecule has 2 heteroatoms. The molecule has 17 heavy (non-hydrogen) atoms. The summed E-state index contributed by atoms with van der Waals surface area (Å²) < 4.78 is 0. The lowest BCUT2D eigenvalue weighted by Crippen LogP contribution is -2.58. The molecule has 0 saturated carbocycles. The summed E-state index contributed by atoms with van der Waals surface area (Å²) in [6, 6.07) is 2.12. The van der Waals surface area contributed by atoms with Crippen molar-refractivity contribution in [2.75, 3.05) is 19.6 Å². The molecule has 0 aromatic carbocycles. The molecule has 2 unspecified atom stereocenters. The van der Waals surface area contributed by atoms with Gasteiger partial charge in [0.2, 0.25) is 0 Å². The lowest BCUT2D eigenvalue weighted by Gasteiger charge is -2.46. The Morgan fingerprint density at radius 2 is 1.53 bits per heavy atom. The van der Waals surface area contributed by atoms with E-state index in [0.717, 1.165) is 5.92 Å². The summed E-state index contributed by atoms with van der Waals surface area (Å²) in [5.41, 5.74) is 0. The van der Waals surface area contributed by atoms with E-state index >= 15 is 0 Å². The average Bonchev–Trinajstić information content (AvgIpc) is 2.21. The van der Waals surface area contributed by atoms with Crippen LogP contribution in [0.3, 0.4) is 0 Å². The summed E-state index contributed by atoms with van der Waals surface area (Å²) in [5.74, 6) is 0.845. The normalized spacial score (nSPS) is 28.2. The van der Waals surface area contributed by atoms with Gasteiger partial charge in [-0.15, -0.1) is 0 Å². The largest absolute Gasteiger partial charge is 0.298 e. The minimum absolute atomic E-state index is 0.692. The van der Waals surface area contributed by atoms with Gasteiger partial charge in [-0.05, 0) is 53.0 Å². The molecule has 0 radical (unpaired) electrons. The van der Waals surface area contributed by atoms with Gasteiger partial charge in [0, 0.05) is 31.2 Å². The fourth-order valence-electron chi connectivity index (χ4n) is 2.94. The van der Waals surface area contributed by atoms with E-state index in [2.05, 4.69) is 51.3 Å². The molecule has 1 aliphatic heterocycles. The quantitative estimate of drug-likeness (QED) is 0.728. The van der Waals surface area contributed by atoms with Crippen LogP contribution < -0.4 is 0 Å². The average molecular weight is 240 g/mol. The molecule has 0 aromatic heterocycles. The van der Waals surface area contributed by atoms with Crippen molar-refractivity contribution in [2.45, 2.75) is 72.5 Å². The molecule has 1 heterocycles. The smallest absolute Gasteiger partial charge is 0.0198 e. The number of piperazine rings is 1. The highest BCUT2D eigenvalue weighted by Gasteiger charge is 2.29. The summed E-state index contributed by atoms with van der Waals surface area (Å²) in [5, 5.41) is 0. The van der Waals surface area contributed by atoms with Gasteiger partial charge in [0.05, 0.1) is 0 Å². The van der Waals surface area contributed by atoms with Gasteiger partial charge >= 0.3 is 0 Å². The van der Waals surface area contributed by atoms with Gasteiger partial charge in [0.25, 0.3) is 0 Å². The second kappa shape index (κ2) is 6.75. The molecule has 2 nitrogen and oxygen atoms in total. The molecule has 1 saturated heterocycles. The monoisotopic (exact) mass is 240 g/mol. The Kier molecular flexibility index (Phi) is 5.94. The molecule has 1 rings (SSSR count). The number of rotatable bonds is 5. The van der Waals surface area contributed by atoms with Crippen LogP contribution in [0.25, 0.3) is 0 Å². The van der Waals surface area contributed by atoms with Crippen molar-refractivity contribution < 1.29 is 0 Å². The maximum Gasteiger partial charge on any atom is 0.0198 e. The van der Waals surface area contributed by atoms with E-state index in [0.29, 0.717) is 18.1 Å². The Balaban J connectivity index is 2.40. The van der Waals surface area contributed by atoms with E-state index in [9.17, 15) is 0 Å². The van der Waals surface area contributed by atoms with Crippen LogP contribution in [0.5, 0.6) is 0 Å². The Hall–Kier alpha value is -0.0800. The predicted octanol–water partition coefficient (Wildman–Crippen LogP) is 3.23. The summed E-state index contributed by atoms with van der Waals surface area (Å²) in [7, 11) is 0. The summed E-state index contributed by atoms with van der Waals surface area (Å²) in [6.45, 7) is 17.8. The molecular weight excluding hydrogens is 208 g/mol. The van der Waals surface area contributed by atoms with Crippen LogP contribution in [-0.4, -0.2) is 47.6 Å². The molecule has 0 amide bonds. The number of nitrogens with zero attached hydrogens (tertiary/aromatic N) is 2. The van der Waals surface area contributed by atoms with Gasteiger partial charge in [0.1, 0.15) is 0 Å². The SMILES string of the molecule is CC(C)CCCN1C(C)CN(C(C)C)CC1C. The van der Waals surface area contributed by atoms with Crippen molar-refractivity contribution in [3.8, 4) is 0 Å². The van der Waals surface area contributed by atoms with Gasteiger partial charge in [0.15, 0.2) is 0 Å². The second-order valence-corrected chi connectivity index (χ2v) is 6.52. The van der Waals surface area contributed by atoms with Crippen molar-refractivity contribution in [2.24, 2.45) is 5.92 Å². The minimum atomic E-state index is 0.692. The first-order chi connectivity index (χ1) is 7.91. The lowest BCUT2D eigenvalue weighted by molar-refractivity contribution is 0.0224. The molecule has 0 N–H and O–H groups in total. The maximum atomic E-state index is 2.71. The zero-order chi connectivity index (χ0) is 13.0. The summed E-state index contributed by atoms with van der Waals surface area (Å²) >= 11 is 0. The zero-order valence-corrected chi connectivity index (χ0v) is 12.7. The van der Waals surface area contributed by atoms with E-state index in [-0.39, 0.29) is 0 Å². The third-order valence-electron chi connectivity index (χ3n) is 4.06. The van der Waals surface area contributed by atoms with Crippen molar-refractivity contribution in [1.82, 2.24) is 9.80 Å². The lowest BCUT2D eigenvalue weighted by atomic mass is 10.0. The van der Waals surface area contributed by atoms with Crippen LogP contribution in [0.2, 0.25) is 0 Å². The van der Waals surface area contributed by atoms with Gasteiger partial charge in [-0.3, -0.25) is 9.80 Å². The van der Waals surface area contributed by atoms with Gasteiger partial charge < -0.3 is 0 Å². The van der Waals surface area contributed by atoms with E-state index < -0.39 is 0 Å². The minimum Gasteiger partial charge on any atom is -0.298 e. The van der Waals surface area contributed by atoms with Crippen LogP contribution >= 0.6 is 0 Å². The first-order valence-electron chi connectivity index (χ1n) is 7.41. The molecular formula is C15H32N2. The van der Waals surface area contributed by atoms with Gasteiger partial charge in [-0.1, -0.05) is 13.8 Å². The highest BCUT2D eigenvalue weighted by molar-refractivity contribution is 4.86. The van der Waals surface area contributed by atoms with Crippen molar-refractivity contribution >= 4 is 0 Å². The molecule has 2 atom stereocenters. The fourth-order valence-corrected chi connectivity index (χ4v) is 2.94. The topological polar surface area (TPSA) is 6.48 Å². The van der Waals surface area contributed by atoms with Crippen LogP contribution in [0.15, 0.2) is 0 Å². The van der Waals surface area contributed by atoms with Crippen LogP contribution in [0, 0.1) is 5.92 Å². The first-order valence-corrected chi connectivity index (χ1v) is 7.41.